The lowest BCUT2D eigenvalue weighted by molar-refractivity contribution is 0.928. The minimum Gasteiger partial charge on any atom is -0.396 e. The quantitative estimate of drug-likeness (QED) is 0.516. The number of benzene rings is 1. The second kappa shape index (κ2) is 6.18. The molecule has 0 aliphatic heterocycles. The highest BCUT2D eigenvalue weighted by atomic mass is 15.3. The molecule has 0 amide bonds. The molecule has 0 fully saturated rings. The Morgan fingerprint density at radius 1 is 1.35 bits per heavy atom. The van der Waals surface area contributed by atoms with Gasteiger partial charge in [-0.1, -0.05) is 19.1 Å². The zero-order valence-corrected chi connectivity index (χ0v) is 13.9. The van der Waals surface area contributed by atoms with Crippen molar-refractivity contribution in [3.05, 3.63) is 48.0 Å². The van der Waals surface area contributed by atoms with E-state index in [0.29, 0.717) is 28.7 Å². The van der Waals surface area contributed by atoms with Crippen LogP contribution in [0.2, 0.25) is 0 Å². The van der Waals surface area contributed by atoms with Crippen LogP contribution in [-0.2, 0) is 6.42 Å². The minimum atomic E-state index is 0.317. The average Bonchev–Trinajstić information content (AvgIpc) is 3.29. The van der Waals surface area contributed by atoms with E-state index in [1.165, 1.54) is 10.7 Å². The van der Waals surface area contributed by atoms with Crippen LogP contribution in [0, 0.1) is 11.3 Å². The number of nitrogens with zero attached hydrogens (tertiary/aromatic N) is 6. The number of hydrogen-bond donors (Lipinski definition) is 3. The first kappa shape index (κ1) is 15.6. The van der Waals surface area contributed by atoms with Crippen molar-refractivity contribution < 1.29 is 0 Å². The topological polar surface area (TPSA) is 134 Å². The van der Waals surface area contributed by atoms with E-state index in [1.807, 2.05) is 37.3 Å². The number of nitrogens with two attached hydrogens (primary N) is 1. The lowest BCUT2D eigenvalue weighted by Crippen LogP contribution is -2.03. The van der Waals surface area contributed by atoms with Gasteiger partial charge in [0.15, 0.2) is 23.0 Å². The third-order valence-electron chi connectivity index (χ3n) is 3.87. The van der Waals surface area contributed by atoms with E-state index in [2.05, 4.69) is 30.6 Å². The van der Waals surface area contributed by atoms with Crippen molar-refractivity contribution in [1.29, 1.82) is 5.26 Å². The predicted octanol–water partition coefficient (Wildman–Crippen LogP) is 2.27. The van der Waals surface area contributed by atoms with Crippen LogP contribution in [0.15, 0.2) is 36.5 Å². The maximum Gasteiger partial charge on any atom is 0.181 e. The molecule has 0 bridgehead atoms. The summed E-state index contributed by atoms with van der Waals surface area (Å²) in [4.78, 5) is 8.55. The maximum atomic E-state index is 9.15. The Bertz CT molecular complexity index is 1130. The molecule has 0 spiro atoms. The van der Waals surface area contributed by atoms with Gasteiger partial charge in [0.05, 0.1) is 11.9 Å². The summed E-state index contributed by atoms with van der Waals surface area (Å²) in [6.07, 6.45) is 2.23. The normalized spacial score (nSPS) is 10.8. The summed E-state index contributed by atoms with van der Waals surface area (Å²) in [7, 11) is 0. The first-order valence-corrected chi connectivity index (χ1v) is 8.01. The van der Waals surface area contributed by atoms with Crippen LogP contribution in [0.25, 0.3) is 17.0 Å². The first-order valence-electron chi connectivity index (χ1n) is 8.01. The zero-order chi connectivity index (χ0) is 18.1. The Kier molecular flexibility index (Phi) is 3.70. The molecule has 9 nitrogen and oxygen atoms in total. The Labute approximate surface area is 148 Å². The van der Waals surface area contributed by atoms with Gasteiger partial charge in [0, 0.05) is 23.7 Å². The smallest absolute Gasteiger partial charge is 0.181 e. The standard InChI is InChI=1S/C17H15N9/c1-2-14-22-16(24-23-14)10-4-3-5-11(6-10)21-15-7-13(19)17-20-9-12(8-18)26(17)25-15/h3-7,9H,2,19H2,1H3,(H,21,25)(H,22,23,24). The number of hydrogen-bond acceptors (Lipinski definition) is 7. The summed E-state index contributed by atoms with van der Waals surface area (Å²) in [6, 6.07) is 11.4. The van der Waals surface area contributed by atoms with Crippen molar-refractivity contribution in [2.45, 2.75) is 13.3 Å². The fraction of sp³-hybridized carbons (Fsp3) is 0.118. The minimum absolute atomic E-state index is 0.317. The van der Waals surface area contributed by atoms with Gasteiger partial charge < -0.3 is 11.1 Å². The van der Waals surface area contributed by atoms with Crippen LogP contribution >= 0.6 is 0 Å². The van der Waals surface area contributed by atoms with Gasteiger partial charge in [0.1, 0.15) is 11.9 Å². The highest BCUT2D eigenvalue weighted by Gasteiger charge is 2.10. The van der Waals surface area contributed by atoms with Crippen molar-refractivity contribution in [2.75, 3.05) is 11.1 Å². The SMILES string of the molecule is CCc1nc(-c2cccc(Nc3cc(N)c4ncc(C#N)n4n3)c2)n[nH]1. The van der Waals surface area contributed by atoms with E-state index in [1.54, 1.807) is 6.07 Å². The second-order valence-corrected chi connectivity index (χ2v) is 5.64. The number of nitriles is 1. The van der Waals surface area contributed by atoms with Crippen LogP contribution in [0.4, 0.5) is 17.2 Å². The number of rotatable bonds is 4. The number of aryl methyl sites for hydroxylation is 1. The van der Waals surface area contributed by atoms with Crippen LogP contribution in [-0.4, -0.2) is 29.8 Å². The molecule has 0 atom stereocenters. The average molecular weight is 345 g/mol. The second-order valence-electron chi connectivity index (χ2n) is 5.64. The number of aromatic nitrogens is 6. The lowest BCUT2D eigenvalue weighted by Gasteiger charge is -2.08. The molecule has 4 N–H and O–H groups in total. The van der Waals surface area contributed by atoms with Gasteiger partial charge in [0.25, 0.3) is 0 Å². The maximum absolute atomic E-state index is 9.15. The summed E-state index contributed by atoms with van der Waals surface area (Å²) in [5, 5.41) is 23.9. The number of anilines is 3. The summed E-state index contributed by atoms with van der Waals surface area (Å²) in [5.41, 5.74) is 8.90. The number of aromatic amines is 1. The molecule has 4 rings (SSSR count). The fourth-order valence-electron chi connectivity index (χ4n) is 2.60. The lowest BCUT2D eigenvalue weighted by atomic mass is 10.2. The number of nitrogen functional groups attached to an aromatic ring is 1. The molecular formula is C17H15N9. The molecule has 4 aromatic rings. The van der Waals surface area contributed by atoms with E-state index < -0.39 is 0 Å². The summed E-state index contributed by atoms with van der Waals surface area (Å²) < 4.78 is 1.42. The number of fused-ring (bicyclic) bond motifs is 1. The molecule has 3 aromatic heterocycles. The Morgan fingerprint density at radius 2 is 2.23 bits per heavy atom. The van der Waals surface area contributed by atoms with Crippen LogP contribution in [0.5, 0.6) is 0 Å². The van der Waals surface area contributed by atoms with E-state index in [0.717, 1.165) is 23.5 Å². The molecule has 0 unspecified atom stereocenters. The van der Waals surface area contributed by atoms with Crippen LogP contribution in [0.3, 0.4) is 0 Å². The highest BCUT2D eigenvalue weighted by Crippen LogP contribution is 2.24. The molecular weight excluding hydrogens is 330 g/mol. The van der Waals surface area contributed by atoms with Crippen molar-refractivity contribution in [1.82, 2.24) is 29.8 Å². The molecule has 0 aliphatic carbocycles. The van der Waals surface area contributed by atoms with Gasteiger partial charge in [-0.15, -0.1) is 5.10 Å². The van der Waals surface area contributed by atoms with Crippen molar-refractivity contribution in [3.8, 4) is 17.5 Å². The Hall–Kier alpha value is -3.93. The molecule has 128 valence electrons. The van der Waals surface area contributed by atoms with E-state index >= 15 is 0 Å². The largest absolute Gasteiger partial charge is 0.396 e. The van der Waals surface area contributed by atoms with Crippen molar-refractivity contribution in [3.63, 3.8) is 0 Å². The summed E-state index contributed by atoms with van der Waals surface area (Å²) in [6.45, 7) is 2.01. The predicted molar refractivity (Wildman–Crippen MR) is 96.6 cm³/mol. The van der Waals surface area contributed by atoms with E-state index in [-0.39, 0.29) is 0 Å². The molecule has 26 heavy (non-hydrogen) atoms. The van der Waals surface area contributed by atoms with E-state index in [4.69, 9.17) is 11.0 Å². The third kappa shape index (κ3) is 2.69. The van der Waals surface area contributed by atoms with Crippen molar-refractivity contribution >= 4 is 22.8 Å². The summed E-state index contributed by atoms with van der Waals surface area (Å²) in [5.74, 6) is 1.98. The zero-order valence-electron chi connectivity index (χ0n) is 13.9. The molecule has 0 saturated heterocycles. The highest BCUT2D eigenvalue weighted by molar-refractivity contribution is 5.72. The molecule has 0 saturated carbocycles. The van der Waals surface area contributed by atoms with Gasteiger partial charge in [-0.3, -0.25) is 5.10 Å². The van der Waals surface area contributed by atoms with Gasteiger partial charge >= 0.3 is 0 Å². The van der Waals surface area contributed by atoms with Gasteiger partial charge in [-0.05, 0) is 12.1 Å². The first-order chi connectivity index (χ1) is 12.7. The third-order valence-corrected chi connectivity index (χ3v) is 3.87. The molecule has 0 radical (unpaired) electrons. The molecule has 3 heterocycles. The molecule has 0 aliphatic rings. The van der Waals surface area contributed by atoms with Gasteiger partial charge in [-0.2, -0.15) is 14.9 Å². The molecule has 9 heteroatoms. The number of H-pyrrole nitrogens is 1. The monoisotopic (exact) mass is 345 g/mol. The Balaban J connectivity index is 1.68. The number of imidazole rings is 1. The molecule has 1 aromatic carbocycles. The van der Waals surface area contributed by atoms with E-state index in [9.17, 15) is 0 Å². The van der Waals surface area contributed by atoms with Crippen LogP contribution in [0.1, 0.15) is 18.4 Å². The summed E-state index contributed by atoms with van der Waals surface area (Å²) >= 11 is 0. The van der Waals surface area contributed by atoms with Gasteiger partial charge in [0.2, 0.25) is 0 Å². The van der Waals surface area contributed by atoms with Crippen LogP contribution < -0.4 is 11.1 Å². The Morgan fingerprint density at radius 3 is 3.00 bits per heavy atom. The fourth-order valence-corrected chi connectivity index (χ4v) is 2.60. The van der Waals surface area contributed by atoms with Crippen molar-refractivity contribution in [2.24, 2.45) is 0 Å². The number of nitrogens with one attached hydrogen (secondary N) is 2. The van der Waals surface area contributed by atoms with Gasteiger partial charge in [-0.25, -0.2) is 9.97 Å².